The van der Waals surface area contributed by atoms with Crippen molar-refractivity contribution >= 4 is 29.1 Å². The highest BCUT2D eigenvalue weighted by Crippen LogP contribution is 2.26. The monoisotopic (exact) mass is 449 g/mol. The van der Waals surface area contributed by atoms with Crippen molar-refractivity contribution in [3.63, 3.8) is 0 Å². The second-order valence-corrected chi connectivity index (χ2v) is 6.19. The van der Waals surface area contributed by atoms with Crippen LogP contribution in [0.2, 0.25) is 0 Å². The molecule has 0 spiro atoms. The zero-order valence-corrected chi connectivity index (χ0v) is 16.3. The topological polar surface area (TPSA) is 105 Å². The zero-order valence-electron chi connectivity index (χ0n) is 16.3. The van der Waals surface area contributed by atoms with Crippen LogP contribution in [-0.2, 0) is 9.59 Å². The highest BCUT2D eigenvalue weighted by Gasteiger charge is 2.31. The minimum absolute atomic E-state index is 0.0499. The first kappa shape index (κ1) is 22.5. The third-order valence-corrected chi connectivity index (χ3v) is 3.92. The molecule has 1 aliphatic carbocycles. The summed E-state index contributed by atoms with van der Waals surface area (Å²) >= 11 is 0. The second kappa shape index (κ2) is 9.29. The summed E-state index contributed by atoms with van der Waals surface area (Å²) in [5.41, 5.74) is 0.402. The molecule has 12 heteroatoms. The van der Waals surface area contributed by atoms with Crippen molar-refractivity contribution in [2.45, 2.75) is 6.36 Å². The molecule has 0 aliphatic heterocycles. The number of carbonyl (C=O) groups is 2. The molecule has 0 bridgehead atoms. The Hall–Kier alpha value is -4.22. The van der Waals surface area contributed by atoms with E-state index in [0.717, 1.165) is 24.4 Å². The number of ketones is 1. The van der Waals surface area contributed by atoms with E-state index in [2.05, 4.69) is 30.7 Å². The smallest absolute Gasteiger partial charge is 0.406 e. The summed E-state index contributed by atoms with van der Waals surface area (Å²) in [5, 5.41) is 7.63. The standard InChI is InChI=1S/C20H15F4N5O3/c1-25-16(30)9-11-3-2-4-15(17(11)31)28-19-26-10-14(21)18(29-19)27-12-5-7-13(8-6-12)32-20(22,23)24/h2-10H,1H3,(H,25,30)(H2,26,27,28,29). The summed E-state index contributed by atoms with van der Waals surface area (Å²) in [7, 11) is 1.42. The number of alkyl halides is 3. The lowest BCUT2D eigenvalue weighted by molar-refractivity contribution is -0.274. The molecule has 0 radical (unpaired) electrons. The van der Waals surface area contributed by atoms with Gasteiger partial charge in [0.15, 0.2) is 11.6 Å². The van der Waals surface area contributed by atoms with Crippen molar-refractivity contribution in [3.05, 3.63) is 71.9 Å². The van der Waals surface area contributed by atoms with Crippen molar-refractivity contribution in [2.75, 3.05) is 17.7 Å². The van der Waals surface area contributed by atoms with Crippen molar-refractivity contribution in [1.82, 2.24) is 15.3 Å². The van der Waals surface area contributed by atoms with Crippen LogP contribution < -0.4 is 20.7 Å². The molecule has 2 aromatic rings. The van der Waals surface area contributed by atoms with Gasteiger partial charge in [-0.25, -0.2) is 9.37 Å². The predicted octanol–water partition coefficient (Wildman–Crippen LogP) is 3.37. The SMILES string of the molecule is CNC(=O)C=C1C=CC=C(Nc2ncc(F)c(Nc3ccc(OC(F)(F)F)cc3)n2)C1=O. The summed E-state index contributed by atoms with van der Waals surface area (Å²) in [4.78, 5) is 31.7. The van der Waals surface area contributed by atoms with Gasteiger partial charge in [-0.05, 0) is 30.3 Å². The number of nitrogens with zero attached hydrogens (tertiary/aromatic N) is 2. The summed E-state index contributed by atoms with van der Waals surface area (Å²) in [6.07, 6.45) is 1.56. The molecular formula is C20H15F4N5O3. The fourth-order valence-electron chi connectivity index (χ4n) is 2.49. The molecule has 8 nitrogen and oxygen atoms in total. The van der Waals surface area contributed by atoms with Crippen LogP contribution in [0.25, 0.3) is 0 Å². The molecule has 0 fully saturated rings. The van der Waals surface area contributed by atoms with Gasteiger partial charge >= 0.3 is 6.36 Å². The quantitative estimate of drug-likeness (QED) is 0.459. The van der Waals surface area contributed by atoms with Crippen LogP contribution in [0.4, 0.5) is 35.0 Å². The van der Waals surface area contributed by atoms with Gasteiger partial charge in [-0.15, -0.1) is 13.2 Å². The Morgan fingerprint density at radius 1 is 1.16 bits per heavy atom. The number of nitrogens with one attached hydrogen (secondary N) is 3. The number of benzene rings is 1. The number of carbonyl (C=O) groups excluding carboxylic acids is 2. The number of hydrogen-bond acceptors (Lipinski definition) is 7. The molecule has 1 amide bonds. The van der Waals surface area contributed by atoms with E-state index < -0.39 is 29.6 Å². The first-order chi connectivity index (χ1) is 15.1. The zero-order chi connectivity index (χ0) is 23.3. The number of allylic oxidation sites excluding steroid dienone is 4. The molecule has 32 heavy (non-hydrogen) atoms. The highest BCUT2D eigenvalue weighted by atomic mass is 19.4. The van der Waals surface area contributed by atoms with Crippen molar-refractivity contribution in [2.24, 2.45) is 0 Å². The first-order valence-electron chi connectivity index (χ1n) is 8.93. The number of halogens is 4. The molecule has 166 valence electrons. The number of hydrogen-bond donors (Lipinski definition) is 3. The van der Waals surface area contributed by atoms with E-state index in [1.165, 1.54) is 37.4 Å². The molecule has 1 aliphatic rings. The summed E-state index contributed by atoms with van der Waals surface area (Å²) in [6, 6.07) is 4.57. The Balaban J connectivity index is 1.74. The Morgan fingerprint density at radius 3 is 2.53 bits per heavy atom. The van der Waals surface area contributed by atoms with Gasteiger partial charge in [0.25, 0.3) is 0 Å². The molecule has 0 saturated carbocycles. The van der Waals surface area contributed by atoms with Gasteiger partial charge in [-0.1, -0.05) is 12.2 Å². The third kappa shape index (κ3) is 5.90. The molecule has 0 atom stereocenters. The van der Waals surface area contributed by atoms with Gasteiger partial charge in [-0.2, -0.15) is 4.98 Å². The number of anilines is 3. The largest absolute Gasteiger partial charge is 0.573 e. The van der Waals surface area contributed by atoms with E-state index in [4.69, 9.17) is 0 Å². The number of amides is 1. The fraction of sp³-hybridized carbons (Fsp3) is 0.100. The van der Waals surface area contributed by atoms with Crippen LogP contribution in [0.1, 0.15) is 0 Å². The molecule has 3 rings (SSSR count). The van der Waals surface area contributed by atoms with Crippen LogP contribution in [0.3, 0.4) is 0 Å². The lowest BCUT2D eigenvalue weighted by Crippen LogP contribution is -2.20. The molecule has 1 aromatic carbocycles. The minimum atomic E-state index is -4.83. The van der Waals surface area contributed by atoms with Gasteiger partial charge < -0.3 is 20.7 Å². The first-order valence-corrected chi connectivity index (χ1v) is 8.93. The van der Waals surface area contributed by atoms with E-state index in [1.54, 1.807) is 0 Å². The number of ether oxygens (including phenoxy) is 1. The van der Waals surface area contributed by atoms with Crippen LogP contribution >= 0.6 is 0 Å². The van der Waals surface area contributed by atoms with Crippen LogP contribution in [0, 0.1) is 5.82 Å². The molecule has 0 unspecified atom stereocenters. The maximum Gasteiger partial charge on any atom is 0.573 e. The third-order valence-electron chi connectivity index (χ3n) is 3.92. The predicted molar refractivity (Wildman–Crippen MR) is 106 cm³/mol. The van der Waals surface area contributed by atoms with Crippen LogP contribution in [0.15, 0.2) is 66.0 Å². The number of aromatic nitrogens is 2. The van der Waals surface area contributed by atoms with E-state index in [9.17, 15) is 27.2 Å². The average Bonchev–Trinajstić information content (AvgIpc) is 2.73. The Kier molecular flexibility index (Phi) is 6.52. The number of likely N-dealkylation sites (N-methyl/N-ethyl adjacent to an activating group) is 1. The van der Waals surface area contributed by atoms with Gasteiger partial charge in [0.2, 0.25) is 17.6 Å². The maximum atomic E-state index is 14.1. The maximum absolute atomic E-state index is 14.1. The van der Waals surface area contributed by atoms with Crippen molar-refractivity contribution in [3.8, 4) is 5.75 Å². The minimum Gasteiger partial charge on any atom is -0.406 e. The molecule has 1 aromatic heterocycles. The molecular weight excluding hydrogens is 434 g/mol. The normalized spacial score (nSPS) is 14.7. The number of rotatable bonds is 6. The van der Waals surface area contributed by atoms with Crippen molar-refractivity contribution in [1.29, 1.82) is 0 Å². The van der Waals surface area contributed by atoms with Gasteiger partial charge in [0, 0.05) is 24.4 Å². The highest BCUT2D eigenvalue weighted by molar-refractivity contribution is 6.15. The van der Waals surface area contributed by atoms with Gasteiger partial charge in [0.05, 0.1) is 11.9 Å². The Morgan fingerprint density at radius 2 is 1.88 bits per heavy atom. The fourth-order valence-corrected chi connectivity index (χ4v) is 2.49. The summed E-state index contributed by atoms with van der Waals surface area (Å²) in [5.74, 6) is -2.65. The van der Waals surface area contributed by atoms with Crippen molar-refractivity contribution < 1.29 is 31.9 Å². The van der Waals surface area contributed by atoms with E-state index in [-0.39, 0.29) is 28.7 Å². The van der Waals surface area contributed by atoms with E-state index >= 15 is 0 Å². The molecule has 0 saturated heterocycles. The van der Waals surface area contributed by atoms with E-state index in [1.807, 2.05) is 0 Å². The molecule has 1 heterocycles. The second-order valence-electron chi connectivity index (χ2n) is 6.19. The Bertz CT molecular complexity index is 1130. The lowest BCUT2D eigenvalue weighted by atomic mass is 10.0. The summed E-state index contributed by atoms with van der Waals surface area (Å²) < 4.78 is 54.6. The average molecular weight is 449 g/mol. The van der Waals surface area contributed by atoms with E-state index in [0.29, 0.717) is 0 Å². The van der Waals surface area contributed by atoms with Gasteiger partial charge in [0.1, 0.15) is 5.75 Å². The number of Topliss-reactive ketones (excluding diaryl/α,β-unsaturated/α-hetero) is 1. The van der Waals surface area contributed by atoms with Crippen LogP contribution in [0.5, 0.6) is 5.75 Å². The summed E-state index contributed by atoms with van der Waals surface area (Å²) in [6.45, 7) is 0. The Labute approximate surface area is 178 Å². The van der Waals surface area contributed by atoms with Gasteiger partial charge in [-0.3, -0.25) is 9.59 Å². The lowest BCUT2D eigenvalue weighted by Gasteiger charge is -2.13. The van der Waals surface area contributed by atoms with Crippen LogP contribution in [-0.4, -0.2) is 35.1 Å². The molecule has 3 N–H and O–H groups in total.